The molecule has 0 bridgehead atoms. The summed E-state index contributed by atoms with van der Waals surface area (Å²) in [6.45, 7) is 4.00. The first-order chi connectivity index (χ1) is 16.9. The second kappa shape index (κ2) is 7.12. The van der Waals surface area contributed by atoms with Crippen molar-refractivity contribution in [2.45, 2.75) is 31.5 Å². The van der Waals surface area contributed by atoms with Crippen molar-refractivity contribution >= 4 is 23.4 Å². The Balaban J connectivity index is 1.15. The maximum atomic E-state index is 14.1. The van der Waals surface area contributed by atoms with Crippen LogP contribution in [0.5, 0.6) is 0 Å². The molecule has 3 fully saturated rings. The van der Waals surface area contributed by atoms with E-state index in [9.17, 15) is 14.0 Å². The molecule has 178 valence electrons. The number of anilines is 2. The van der Waals surface area contributed by atoms with Crippen molar-refractivity contribution in [1.82, 2.24) is 24.6 Å². The van der Waals surface area contributed by atoms with E-state index in [1.807, 2.05) is 23.1 Å². The number of hydrogen-bond donors (Lipinski definition) is 0. The molecule has 4 aliphatic rings. The van der Waals surface area contributed by atoms with Crippen LogP contribution in [0.25, 0.3) is 5.69 Å². The van der Waals surface area contributed by atoms with Crippen LogP contribution in [0, 0.1) is 28.4 Å². The molecule has 0 radical (unpaired) electrons. The van der Waals surface area contributed by atoms with Gasteiger partial charge in [0.15, 0.2) is 17.5 Å². The van der Waals surface area contributed by atoms with Crippen LogP contribution in [0.1, 0.15) is 24.2 Å². The van der Waals surface area contributed by atoms with Crippen LogP contribution in [0.4, 0.5) is 20.5 Å². The summed E-state index contributed by atoms with van der Waals surface area (Å²) in [7, 11) is 0. The van der Waals surface area contributed by atoms with Crippen molar-refractivity contribution < 1.29 is 8.78 Å². The summed E-state index contributed by atoms with van der Waals surface area (Å²) in [6.07, 6.45) is 2.76. The average Bonchev–Trinajstić information content (AvgIpc) is 3.51. The van der Waals surface area contributed by atoms with Crippen molar-refractivity contribution in [2.24, 2.45) is 5.41 Å². The van der Waals surface area contributed by atoms with E-state index in [4.69, 9.17) is 11.6 Å². The lowest BCUT2D eigenvalue weighted by molar-refractivity contribution is 0.152. The van der Waals surface area contributed by atoms with E-state index in [1.165, 1.54) is 0 Å². The SMILES string of the molecule is N#CC1(N2Cc3cc(Cl)ccc3-n3c(nnc3N3CC4(CN(c5ncc(F)cc5F)C4)C3)C2)CC1. The highest BCUT2D eigenvalue weighted by molar-refractivity contribution is 6.30. The number of benzene rings is 1. The van der Waals surface area contributed by atoms with E-state index in [-0.39, 0.29) is 11.2 Å². The fraction of sp³-hybridized carbons (Fsp3) is 0.417. The number of pyridine rings is 1. The number of nitrogens with zero attached hydrogens (tertiary/aromatic N) is 8. The van der Waals surface area contributed by atoms with Crippen LogP contribution in [0.2, 0.25) is 5.02 Å². The van der Waals surface area contributed by atoms with Crippen molar-refractivity contribution in [3.63, 3.8) is 0 Å². The molecule has 1 spiro atoms. The van der Waals surface area contributed by atoms with Gasteiger partial charge in [-0.25, -0.2) is 13.8 Å². The molecule has 1 saturated carbocycles. The van der Waals surface area contributed by atoms with Gasteiger partial charge in [-0.05, 0) is 36.6 Å². The molecule has 8 nitrogen and oxygen atoms in total. The number of fused-ring (bicyclic) bond motifs is 3. The number of rotatable bonds is 3. The van der Waals surface area contributed by atoms with Gasteiger partial charge in [-0.2, -0.15) is 5.26 Å². The minimum absolute atomic E-state index is 0.0212. The van der Waals surface area contributed by atoms with Gasteiger partial charge in [0.25, 0.3) is 0 Å². The van der Waals surface area contributed by atoms with Crippen LogP contribution in [-0.4, -0.2) is 56.4 Å². The topological polar surface area (TPSA) is 77.1 Å². The molecule has 3 aliphatic heterocycles. The number of aromatic nitrogens is 4. The van der Waals surface area contributed by atoms with Gasteiger partial charge in [0, 0.05) is 49.2 Å². The fourth-order valence-electron chi connectivity index (χ4n) is 5.77. The van der Waals surface area contributed by atoms with E-state index in [1.54, 1.807) is 0 Å². The highest BCUT2D eigenvalue weighted by atomic mass is 35.5. The molecule has 2 aromatic heterocycles. The molecular weight excluding hydrogens is 474 g/mol. The fourth-order valence-corrected chi connectivity index (χ4v) is 5.96. The van der Waals surface area contributed by atoms with Crippen LogP contribution in [0.15, 0.2) is 30.5 Å². The number of hydrogen-bond acceptors (Lipinski definition) is 7. The Labute approximate surface area is 205 Å². The first-order valence-electron chi connectivity index (χ1n) is 11.6. The molecule has 0 atom stereocenters. The van der Waals surface area contributed by atoms with E-state index in [0.29, 0.717) is 31.2 Å². The molecular formula is C24H21ClF2N8. The maximum Gasteiger partial charge on any atom is 0.231 e. The summed E-state index contributed by atoms with van der Waals surface area (Å²) in [5.74, 6) is 0.457. The predicted octanol–water partition coefficient (Wildman–Crippen LogP) is 3.29. The molecule has 7 rings (SSSR count). The zero-order chi connectivity index (χ0) is 23.9. The minimum Gasteiger partial charge on any atom is -0.353 e. The Morgan fingerprint density at radius 3 is 2.49 bits per heavy atom. The summed E-state index contributed by atoms with van der Waals surface area (Å²) in [5, 5.41) is 19.5. The first kappa shape index (κ1) is 21.0. The highest BCUT2D eigenvalue weighted by Gasteiger charge is 2.54. The molecule has 3 aromatic rings. The van der Waals surface area contributed by atoms with Crippen LogP contribution < -0.4 is 9.80 Å². The first-order valence-corrected chi connectivity index (χ1v) is 12.0. The Kier molecular flexibility index (Phi) is 4.28. The van der Waals surface area contributed by atoms with Gasteiger partial charge in [0.2, 0.25) is 5.95 Å². The van der Waals surface area contributed by atoms with Crippen LogP contribution in [-0.2, 0) is 13.1 Å². The Hall–Kier alpha value is -3.29. The second-order valence-electron chi connectivity index (χ2n) is 10.2. The summed E-state index contributed by atoms with van der Waals surface area (Å²) in [6, 6.07) is 9.19. The zero-order valence-electron chi connectivity index (χ0n) is 18.8. The second-order valence-corrected chi connectivity index (χ2v) is 10.6. The third kappa shape index (κ3) is 3.15. The van der Waals surface area contributed by atoms with Crippen molar-refractivity contribution in [3.05, 3.63) is 58.5 Å². The minimum atomic E-state index is -0.675. The number of halogens is 3. The van der Waals surface area contributed by atoms with E-state index in [0.717, 1.165) is 61.2 Å². The summed E-state index contributed by atoms with van der Waals surface area (Å²) in [5.41, 5.74) is 1.60. The molecule has 0 amide bonds. The average molecular weight is 495 g/mol. The summed E-state index contributed by atoms with van der Waals surface area (Å²) >= 11 is 6.34. The smallest absolute Gasteiger partial charge is 0.231 e. The summed E-state index contributed by atoms with van der Waals surface area (Å²) < 4.78 is 29.4. The quantitative estimate of drug-likeness (QED) is 0.553. The van der Waals surface area contributed by atoms with Gasteiger partial charge in [-0.15, -0.1) is 10.2 Å². The lowest BCUT2D eigenvalue weighted by atomic mass is 9.73. The van der Waals surface area contributed by atoms with Gasteiger partial charge in [0.1, 0.15) is 11.4 Å². The molecule has 0 N–H and O–H groups in total. The molecule has 1 aliphatic carbocycles. The highest BCUT2D eigenvalue weighted by Crippen LogP contribution is 2.47. The Bertz CT molecular complexity index is 1400. The normalized spacial score (nSPS) is 21.4. The monoisotopic (exact) mass is 494 g/mol. The van der Waals surface area contributed by atoms with Crippen molar-refractivity contribution in [1.29, 1.82) is 5.26 Å². The van der Waals surface area contributed by atoms with Crippen molar-refractivity contribution in [2.75, 3.05) is 36.0 Å². The molecule has 0 unspecified atom stereocenters. The van der Waals surface area contributed by atoms with Gasteiger partial charge in [-0.1, -0.05) is 11.6 Å². The van der Waals surface area contributed by atoms with Gasteiger partial charge < -0.3 is 9.80 Å². The predicted molar refractivity (Wildman–Crippen MR) is 124 cm³/mol. The Morgan fingerprint density at radius 1 is 1.00 bits per heavy atom. The third-order valence-electron chi connectivity index (χ3n) is 7.70. The van der Waals surface area contributed by atoms with Crippen LogP contribution in [0.3, 0.4) is 0 Å². The lowest BCUT2D eigenvalue weighted by Gasteiger charge is -2.60. The Morgan fingerprint density at radius 2 is 1.77 bits per heavy atom. The molecule has 1 aromatic carbocycles. The van der Waals surface area contributed by atoms with E-state index >= 15 is 0 Å². The van der Waals surface area contributed by atoms with Gasteiger partial charge in [-0.3, -0.25) is 9.47 Å². The van der Waals surface area contributed by atoms with Gasteiger partial charge >= 0.3 is 0 Å². The largest absolute Gasteiger partial charge is 0.353 e. The zero-order valence-corrected chi connectivity index (χ0v) is 19.5. The molecule has 35 heavy (non-hydrogen) atoms. The molecule has 2 saturated heterocycles. The summed E-state index contributed by atoms with van der Waals surface area (Å²) in [4.78, 5) is 10.2. The maximum absolute atomic E-state index is 14.1. The van der Waals surface area contributed by atoms with E-state index in [2.05, 4.69) is 35.6 Å². The third-order valence-corrected chi connectivity index (χ3v) is 7.94. The van der Waals surface area contributed by atoms with Crippen LogP contribution >= 0.6 is 11.6 Å². The number of nitriles is 1. The standard InChI is InChI=1S/C24H21ClF2N8/c25-16-1-2-19-15(5-16)8-34(24(10-28)3-4-24)9-20-30-31-22(35(19)20)33-13-23(14-33)11-32(12-23)21-18(27)6-17(26)7-29-21/h1-2,5-7H,3-4,8-9,11-14H2. The van der Waals surface area contributed by atoms with E-state index < -0.39 is 17.2 Å². The lowest BCUT2D eigenvalue weighted by Crippen LogP contribution is -2.73. The van der Waals surface area contributed by atoms with Gasteiger partial charge in [0.05, 0.1) is 24.5 Å². The van der Waals surface area contributed by atoms with Crippen molar-refractivity contribution in [3.8, 4) is 11.8 Å². The molecule has 5 heterocycles. The molecule has 11 heteroatoms.